The third kappa shape index (κ3) is 2.28. The highest BCUT2D eigenvalue weighted by Crippen LogP contribution is 2.27. The largest absolute Gasteiger partial charge is 0.479 e. The second-order valence-corrected chi connectivity index (χ2v) is 4.15. The number of ether oxygens (including phenoxy) is 1. The molecule has 1 aromatic heterocycles. The Labute approximate surface area is 103 Å². The molecule has 0 aliphatic heterocycles. The molecule has 0 aliphatic carbocycles. The van der Waals surface area contributed by atoms with Crippen LogP contribution >= 0.6 is 11.6 Å². The zero-order valence-electron chi connectivity index (χ0n) is 9.24. The van der Waals surface area contributed by atoms with Crippen LogP contribution in [-0.4, -0.2) is 29.3 Å². The predicted molar refractivity (Wildman–Crippen MR) is 65.4 cm³/mol. The first-order chi connectivity index (χ1) is 8.13. The van der Waals surface area contributed by atoms with Gasteiger partial charge in [0.1, 0.15) is 0 Å². The molecule has 1 heterocycles. The van der Waals surface area contributed by atoms with Crippen molar-refractivity contribution in [2.24, 2.45) is 0 Å². The maximum Gasteiger partial charge on any atom is 0.333 e. The van der Waals surface area contributed by atoms with Gasteiger partial charge in [-0.3, -0.25) is 0 Å². The normalized spacial score (nSPS) is 12.8. The Morgan fingerprint density at radius 2 is 2.35 bits per heavy atom. The Kier molecular flexibility index (Phi) is 3.36. The van der Waals surface area contributed by atoms with Crippen LogP contribution in [0.2, 0.25) is 5.02 Å². The summed E-state index contributed by atoms with van der Waals surface area (Å²) in [4.78, 5) is 14.0. The lowest BCUT2D eigenvalue weighted by molar-refractivity contribution is -0.148. The van der Waals surface area contributed by atoms with Gasteiger partial charge in [-0.2, -0.15) is 0 Å². The molecule has 2 N–H and O–H groups in total. The third-order valence-corrected chi connectivity index (χ3v) is 3.02. The van der Waals surface area contributed by atoms with Crippen LogP contribution in [-0.2, 0) is 16.0 Å². The molecule has 2 rings (SSSR count). The molecule has 0 aliphatic rings. The second kappa shape index (κ2) is 4.77. The highest BCUT2D eigenvalue weighted by Gasteiger charge is 2.19. The Balaban J connectivity index is 2.39. The number of carboxylic acid groups (broad SMARTS) is 1. The maximum absolute atomic E-state index is 10.9. The van der Waals surface area contributed by atoms with Crippen LogP contribution in [0.25, 0.3) is 10.9 Å². The van der Waals surface area contributed by atoms with Gasteiger partial charge in [-0.25, -0.2) is 4.79 Å². The molecule has 2 aromatic rings. The molecule has 0 amide bonds. The van der Waals surface area contributed by atoms with Gasteiger partial charge in [-0.1, -0.05) is 17.7 Å². The SMILES string of the molecule is CO[C@@H](Cc1c[nH]c2cccc(Cl)c12)C(=O)O. The minimum Gasteiger partial charge on any atom is -0.479 e. The zero-order valence-corrected chi connectivity index (χ0v) is 9.99. The van der Waals surface area contributed by atoms with Gasteiger partial charge in [-0.15, -0.1) is 0 Å². The average Bonchev–Trinajstić information content (AvgIpc) is 2.70. The smallest absolute Gasteiger partial charge is 0.333 e. The van der Waals surface area contributed by atoms with Gasteiger partial charge in [0, 0.05) is 30.6 Å². The number of halogens is 1. The number of carbonyl (C=O) groups is 1. The molecular formula is C12H12ClNO3. The molecule has 90 valence electrons. The number of hydrogen-bond donors (Lipinski definition) is 2. The number of fused-ring (bicyclic) bond motifs is 1. The third-order valence-electron chi connectivity index (χ3n) is 2.70. The monoisotopic (exact) mass is 253 g/mol. The number of hydrogen-bond acceptors (Lipinski definition) is 2. The molecule has 0 radical (unpaired) electrons. The van der Waals surface area contributed by atoms with Crippen molar-refractivity contribution < 1.29 is 14.6 Å². The van der Waals surface area contributed by atoms with E-state index in [1.165, 1.54) is 7.11 Å². The molecule has 5 heteroatoms. The maximum atomic E-state index is 10.9. The first-order valence-electron chi connectivity index (χ1n) is 5.13. The van der Waals surface area contributed by atoms with E-state index in [-0.39, 0.29) is 6.42 Å². The van der Waals surface area contributed by atoms with Crippen LogP contribution in [0.15, 0.2) is 24.4 Å². The number of aromatic amines is 1. The summed E-state index contributed by atoms with van der Waals surface area (Å²) in [6.45, 7) is 0. The molecule has 0 bridgehead atoms. The van der Waals surface area contributed by atoms with Gasteiger partial charge < -0.3 is 14.8 Å². The lowest BCUT2D eigenvalue weighted by Crippen LogP contribution is -2.24. The summed E-state index contributed by atoms with van der Waals surface area (Å²) >= 11 is 6.10. The van der Waals surface area contributed by atoms with Gasteiger partial charge in [0.15, 0.2) is 6.10 Å². The standard InChI is InChI=1S/C12H12ClNO3/c1-17-10(12(15)16)5-7-6-14-9-4-2-3-8(13)11(7)9/h2-4,6,10,14H,5H2,1H3,(H,15,16)/t10-/m0/s1. The molecule has 1 atom stereocenters. The van der Waals surface area contributed by atoms with E-state index in [1.54, 1.807) is 12.3 Å². The van der Waals surface area contributed by atoms with Gasteiger partial charge in [0.05, 0.1) is 5.02 Å². The van der Waals surface area contributed by atoms with Crippen molar-refractivity contribution in [2.45, 2.75) is 12.5 Å². The average molecular weight is 254 g/mol. The fourth-order valence-electron chi connectivity index (χ4n) is 1.84. The van der Waals surface area contributed by atoms with E-state index in [4.69, 9.17) is 21.4 Å². The van der Waals surface area contributed by atoms with Crippen LogP contribution < -0.4 is 0 Å². The molecule has 0 saturated heterocycles. The number of rotatable bonds is 4. The van der Waals surface area contributed by atoms with Crippen molar-refractivity contribution in [1.29, 1.82) is 0 Å². The number of nitrogens with one attached hydrogen (secondary N) is 1. The van der Waals surface area contributed by atoms with Gasteiger partial charge in [0.2, 0.25) is 0 Å². The van der Waals surface area contributed by atoms with E-state index in [0.717, 1.165) is 16.5 Å². The molecule has 0 spiro atoms. The summed E-state index contributed by atoms with van der Waals surface area (Å²) in [5.74, 6) is -0.978. The van der Waals surface area contributed by atoms with E-state index in [0.29, 0.717) is 5.02 Å². The number of carboxylic acids is 1. The van der Waals surface area contributed by atoms with Crippen molar-refractivity contribution in [3.63, 3.8) is 0 Å². The quantitative estimate of drug-likeness (QED) is 0.880. The molecule has 17 heavy (non-hydrogen) atoms. The molecule has 4 nitrogen and oxygen atoms in total. The van der Waals surface area contributed by atoms with Crippen molar-refractivity contribution in [3.8, 4) is 0 Å². The fraction of sp³-hybridized carbons (Fsp3) is 0.250. The van der Waals surface area contributed by atoms with Crippen LogP contribution in [0.3, 0.4) is 0 Å². The van der Waals surface area contributed by atoms with Crippen molar-refractivity contribution in [3.05, 3.63) is 35.0 Å². The highest BCUT2D eigenvalue weighted by atomic mass is 35.5. The molecule has 0 saturated carbocycles. The second-order valence-electron chi connectivity index (χ2n) is 3.74. The lowest BCUT2D eigenvalue weighted by Gasteiger charge is -2.09. The molecular weight excluding hydrogens is 242 g/mol. The van der Waals surface area contributed by atoms with E-state index < -0.39 is 12.1 Å². The fourth-order valence-corrected chi connectivity index (χ4v) is 2.14. The Hall–Kier alpha value is -1.52. The number of benzene rings is 1. The van der Waals surface area contributed by atoms with Crippen molar-refractivity contribution in [2.75, 3.05) is 7.11 Å². The molecule has 0 fully saturated rings. The number of methoxy groups -OCH3 is 1. The summed E-state index contributed by atoms with van der Waals surface area (Å²) in [6, 6.07) is 5.52. The van der Waals surface area contributed by atoms with Crippen LogP contribution in [0.4, 0.5) is 0 Å². The first kappa shape index (κ1) is 12.0. The molecule has 0 unspecified atom stereocenters. The molecule has 1 aromatic carbocycles. The summed E-state index contributed by atoms with van der Waals surface area (Å²) in [6.07, 6.45) is 1.20. The summed E-state index contributed by atoms with van der Waals surface area (Å²) in [5.41, 5.74) is 1.74. The van der Waals surface area contributed by atoms with Crippen LogP contribution in [0.5, 0.6) is 0 Å². The van der Waals surface area contributed by atoms with Crippen molar-refractivity contribution in [1.82, 2.24) is 4.98 Å². The lowest BCUT2D eigenvalue weighted by atomic mass is 10.1. The zero-order chi connectivity index (χ0) is 12.4. The van der Waals surface area contributed by atoms with Gasteiger partial charge in [-0.05, 0) is 17.7 Å². The van der Waals surface area contributed by atoms with Gasteiger partial charge >= 0.3 is 5.97 Å². The minimum atomic E-state index is -0.978. The summed E-state index contributed by atoms with van der Waals surface area (Å²) < 4.78 is 4.92. The number of aromatic nitrogens is 1. The number of H-pyrrole nitrogens is 1. The number of aliphatic carboxylic acids is 1. The van der Waals surface area contributed by atoms with E-state index >= 15 is 0 Å². The van der Waals surface area contributed by atoms with Gasteiger partial charge in [0.25, 0.3) is 0 Å². The van der Waals surface area contributed by atoms with Crippen molar-refractivity contribution >= 4 is 28.5 Å². The predicted octanol–water partition coefficient (Wildman–Crippen LogP) is 2.46. The summed E-state index contributed by atoms with van der Waals surface area (Å²) in [5, 5.41) is 10.4. The van der Waals surface area contributed by atoms with E-state index in [9.17, 15) is 4.79 Å². The van der Waals surface area contributed by atoms with Crippen LogP contribution in [0.1, 0.15) is 5.56 Å². The Bertz CT molecular complexity index is 550. The topological polar surface area (TPSA) is 62.3 Å². The first-order valence-corrected chi connectivity index (χ1v) is 5.51. The van der Waals surface area contributed by atoms with E-state index in [1.807, 2.05) is 12.1 Å². The Morgan fingerprint density at radius 1 is 1.59 bits per heavy atom. The van der Waals surface area contributed by atoms with Crippen LogP contribution in [0, 0.1) is 0 Å². The Morgan fingerprint density at radius 3 is 3.00 bits per heavy atom. The van der Waals surface area contributed by atoms with E-state index in [2.05, 4.69) is 4.98 Å². The summed E-state index contributed by atoms with van der Waals surface area (Å²) in [7, 11) is 1.38. The minimum absolute atomic E-state index is 0.287. The highest BCUT2D eigenvalue weighted by molar-refractivity contribution is 6.35.